The zero-order valence-electron chi connectivity index (χ0n) is 17.7. The minimum absolute atomic E-state index is 0.0963. The minimum Gasteiger partial charge on any atom is -0.492 e. The summed E-state index contributed by atoms with van der Waals surface area (Å²) in [5.74, 6) is 1.01. The van der Waals surface area contributed by atoms with Crippen molar-refractivity contribution in [3.05, 3.63) is 53.4 Å². The molecule has 5 heteroatoms. The molecule has 1 aromatic carbocycles. The van der Waals surface area contributed by atoms with Crippen LogP contribution in [0.5, 0.6) is 5.75 Å². The molecule has 0 N–H and O–H groups in total. The van der Waals surface area contributed by atoms with Crippen LogP contribution in [0.1, 0.15) is 42.8 Å². The number of ether oxygens (including phenoxy) is 1. The van der Waals surface area contributed by atoms with E-state index in [1.54, 1.807) is 6.08 Å². The third-order valence-electron chi connectivity index (χ3n) is 5.94. The first-order valence-electron chi connectivity index (χ1n) is 10.7. The van der Waals surface area contributed by atoms with Gasteiger partial charge < -0.3 is 19.1 Å². The number of para-hydroxylation sites is 2. The van der Waals surface area contributed by atoms with Crippen molar-refractivity contribution in [3.63, 3.8) is 0 Å². The Labute approximate surface area is 173 Å². The van der Waals surface area contributed by atoms with Crippen LogP contribution in [0.25, 0.3) is 6.08 Å². The standard InChI is InChI=1S/C24H31N3O2/c1-4-29-23-8-6-5-7-22(23)25-13-15-26(16-14-25)24(28)12-9-20-17-18(2)27(19(20)3)21-10-11-21/h5-9,12,17,21H,4,10-11,13-16H2,1-3H3/b12-9+. The fourth-order valence-corrected chi connectivity index (χ4v) is 4.30. The molecule has 0 radical (unpaired) electrons. The predicted octanol–water partition coefficient (Wildman–Crippen LogP) is 4.20. The predicted molar refractivity (Wildman–Crippen MR) is 118 cm³/mol. The van der Waals surface area contributed by atoms with Crippen LogP contribution in [-0.2, 0) is 4.79 Å². The van der Waals surface area contributed by atoms with Crippen molar-refractivity contribution in [1.82, 2.24) is 9.47 Å². The molecule has 0 atom stereocenters. The van der Waals surface area contributed by atoms with Gasteiger partial charge >= 0.3 is 0 Å². The molecular formula is C24H31N3O2. The lowest BCUT2D eigenvalue weighted by atomic mass is 10.2. The number of amides is 1. The summed E-state index contributed by atoms with van der Waals surface area (Å²) >= 11 is 0. The molecule has 0 spiro atoms. The minimum atomic E-state index is 0.0963. The van der Waals surface area contributed by atoms with Crippen molar-refractivity contribution in [1.29, 1.82) is 0 Å². The second-order valence-corrected chi connectivity index (χ2v) is 7.97. The number of hydrogen-bond donors (Lipinski definition) is 0. The summed E-state index contributed by atoms with van der Waals surface area (Å²) in [6.07, 6.45) is 6.27. The van der Waals surface area contributed by atoms with E-state index >= 15 is 0 Å². The molecule has 154 valence electrons. The normalized spacial score (nSPS) is 17.2. The molecule has 1 aliphatic carbocycles. The number of rotatable bonds is 6. The Balaban J connectivity index is 1.37. The molecule has 1 aromatic heterocycles. The molecule has 2 aliphatic rings. The van der Waals surface area contributed by atoms with E-state index in [1.807, 2.05) is 36.1 Å². The summed E-state index contributed by atoms with van der Waals surface area (Å²) in [5.41, 5.74) is 4.83. The highest BCUT2D eigenvalue weighted by Crippen LogP contribution is 2.38. The van der Waals surface area contributed by atoms with Crippen molar-refractivity contribution in [2.24, 2.45) is 0 Å². The summed E-state index contributed by atoms with van der Waals surface area (Å²) < 4.78 is 8.18. The number of nitrogens with zero attached hydrogens (tertiary/aromatic N) is 3. The van der Waals surface area contributed by atoms with E-state index in [1.165, 1.54) is 24.2 Å². The smallest absolute Gasteiger partial charge is 0.246 e. The van der Waals surface area contributed by atoms with Gasteiger partial charge in [-0.2, -0.15) is 0 Å². The lowest BCUT2D eigenvalue weighted by Crippen LogP contribution is -2.48. The maximum absolute atomic E-state index is 12.7. The highest BCUT2D eigenvalue weighted by molar-refractivity contribution is 5.92. The molecule has 1 aliphatic heterocycles. The number of anilines is 1. The summed E-state index contributed by atoms with van der Waals surface area (Å²) in [6.45, 7) is 10.1. The molecule has 29 heavy (non-hydrogen) atoms. The summed E-state index contributed by atoms with van der Waals surface area (Å²) in [4.78, 5) is 17.0. The zero-order valence-corrected chi connectivity index (χ0v) is 17.7. The largest absolute Gasteiger partial charge is 0.492 e. The van der Waals surface area contributed by atoms with Crippen LogP contribution in [0.2, 0.25) is 0 Å². The third kappa shape index (κ3) is 4.19. The number of carbonyl (C=O) groups is 1. The summed E-state index contributed by atoms with van der Waals surface area (Å²) in [7, 11) is 0. The molecule has 2 aromatic rings. The average Bonchev–Trinajstić information content (AvgIpc) is 3.52. The molecule has 0 bridgehead atoms. The van der Waals surface area contributed by atoms with Crippen LogP contribution in [0.15, 0.2) is 36.4 Å². The topological polar surface area (TPSA) is 37.7 Å². The van der Waals surface area contributed by atoms with Gasteiger partial charge in [-0.15, -0.1) is 0 Å². The van der Waals surface area contributed by atoms with Crippen molar-refractivity contribution < 1.29 is 9.53 Å². The molecule has 1 saturated carbocycles. The molecule has 0 unspecified atom stereocenters. The Hall–Kier alpha value is -2.69. The van der Waals surface area contributed by atoms with Gasteiger partial charge in [0.15, 0.2) is 0 Å². The van der Waals surface area contributed by atoms with Gasteiger partial charge in [0.25, 0.3) is 0 Å². The molecule has 1 saturated heterocycles. The fraction of sp³-hybridized carbons (Fsp3) is 0.458. The quantitative estimate of drug-likeness (QED) is 0.691. The van der Waals surface area contributed by atoms with E-state index in [4.69, 9.17) is 4.74 Å². The lowest BCUT2D eigenvalue weighted by molar-refractivity contribution is -0.126. The zero-order chi connectivity index (χ0) is 20.4. The number of aryl methyl sites for hydroxylation is 1. The summed E-state index contributed by atoms with van der Waals surface area (Å²) in [5, 5.41) is 0. The second-order valence-electron chi connectivity index (χ2n) is 7.97. The van der Waals surface area contributed by atoms with Crippen LogP contribution in [0.3, 0.4) is 0 Å². The van der Waals surface area contributed by atoms with Gasteiger partial charge in [-0.25, -0.2) is 0 Å². The van der Waals surface area contributed by atoms with Crippen molar-refractivity contribution in [3.8, 4) is 5.75 Å². The van der Waals surface area contributed by atoms with Gasteiger partial charge in [-0.1, -0.05) is 12.1 Å². The van der Waals surface area contributed by atoms with Crippen molar-refractivity contribution >= 4 is 17.7 Å². The van der Waals surface area contributed by atoms with Crippen LogP contribution in [0, 0.1) is 13.8 Å². The Morgan fingerprint density at radius 3 is 2.55 bits per heavy atom. The lowest BCUT2D eigenvalue weighted by Gasteiger charge is -2.36. The number of hydrogen-bond acceptors (Lipinski definition) is 3. The maximum atomic E-state index is 12.7. The fourth-order valence-electron chi connectivity index (χ4n) is 4.30. The van der Waals surface area contributed by atoms with Gasteiger partial charge in [-0.05, 0) is 63.5 Å². The van der Waals surface area contributed by atoms with Gasteiger partial charge in [0.05, 0.1) is 12.3 Å². The van der Waals surface area contributed by atoms with Crippen molar-refractivity contribution in [2.45, 2.75) is 39.7 Å². The monoisotopic (exact) mass is 393 g/mol. The highest BCUT2D eigenvalue weighted by Gasteiger charge is 2.26. The van der Waals surface area contributed by atoms with Gasteiger partial charge in [0, 0.05) is 49.7 Å². The first kappa shape index (κ1) is 19.6. The Kier molecular flexibility index (Phi) is 5.65. The van der Waals surface area contributed by atoms with E-state index in [-0.39, 0.29) is 5.91 Å². The number of carbonyl (C=O) groups excluding carboxylic acids is 1. The van der Waals surface area contributed by atoms with Crippen LogP contribution >= 0.6 is 0 Å². The third-order valence-corrected chi connectivity index (χ3v) is 5.94. The molecule has 2 fully saturated rings. The molecule has 5 nitrogen and oxygen atoms in total. The van der Waals surface area contributed by atoms with E-state index in [0.29, 0.717) is 12.6 Å². The van der Waals surface area contributed by atoms with Crippen LogP contribution in [0.4, 0.5) is 5.69 Å². The average molecular weight is 394 g/mol. The maximum Gasteiger partial charge on any atom is 0.246 e. The van der Waals surface area contributed by atoms with Gasteiger partial charge in [0.2, 0.25) is 5.91 Å². The van der Waals surface area contributed by atoms with Crippen LogP contribution in [-0.4, -0.2) is 48.2 Å². The summed E-state index contributed by atoms with van der Waals surface area (Å²) in [6, 6.07) is 11.0. The number of benzene rings is 1. The van der Waals surface area contributed by atoms with Crippen molar-refractivity contribution in [2.75, 3.05) is 37.7 Å². The van der Waals surface area contributed by atoms with E-state index < -0.39 is 0 Å². The first-order valence-corrected chi connectivity index (χ1v) is 10.7. The molecule has 2 heterocycles. The molecule has 4 rings (SSSR count). The van der Waals surface area contributed by atoms with E-state index in [2.05, 4.69) is 35.4 Å². The Bertz CT molecular complexity index is 903. The Morgan fingerprint density at radius 1 is 1.14 bits per heavy atom. The highest BCUT2D eigenvalue weighted by atomic mass is 16.5. The Morgan fingerprint density at radius 2 is 1.86 bits per heavy atom. The number of aromatic nitrogens is 1. The van der Waals surface area contributed by atoms with Gasteiger partial charge in [0.1, 0.15) is 5.75 Å². The van der Waals surface area contributed by atoms with Gasteiger partial charge in [-0.3, -0.25) is 4.79 Å². The first-order chi connectivity index (χ1) is 14.1. The molecule has 1 amide bonds. The van der Waals surface area contributed by atoms with Crippen LogP contribution < -0.4 is 9.64 Å². The van der Waals surface area contributed by atoms with E-state index in [0.717, 1.165) is 43.2 Å². The SMILES string of the molecule is CCOc1ccccc1N1CCN(C(=O)/C=C/c2cc(C)n(C3CC3)c2C)CC1. The second kappa shape index (κ2) is 8.36. The van der Waals surface area contributed by atoms with E-state index in [9.17, 15) is 4.79 Å². The molecular weight excluding hydrogens is 362 g/mol. The number of piperazine rings is 1.